The molecule has 0 N–H and O–H groups in total. The van der Waals surface area contributed by atoms with E-state index >= 15 is 0 Å². The molecule has 11 rings (SSSR count). The first-order valence-corrected chi connectivity index (χ1v) is 18.1. The van der Waals surface area contributed by atoms with Gasteiger partial charge < -0.3 is 4.42 Å². The van der Waals surface area contributed by atoms with Gasteiger partial charge in [0.15, 0.2) is 17.2 Å². The Hall–Kier alpha value is -6.30. The number of hydrogen-bond donors (Lipinski definition) is 0. The zero-order chi connectivity index (χ0) is 33.8. The van der Waals surface area contributed by atoms with E-state index in [-0.39, 0.29) is 0 Å². The number of benzene rings is 7. The van der Waals surface area contributed by atoms with Gasteiger partial charge in [-0.1, -0.05) is 115 Å². The van der Waals surface area contributed by atoms with E-state index in [1.54, 1.807) is 0 Å². The summed E-state index contributed by atoms with van der Waals surface area (Å²) in [5.41, 5.74) is 10.3. The molecule has 7 aromatic carbocycles. The van der Waals surface area contributed by atoms with Crippen LogP contribution in [0, 0.1) is 13.8 Å². The molecule has 0 spiro atoms. The Labute approximate surface area is 296 Å². The second-order valence-electron chi connectivity index (χ2n) is 13.4. The van der Waals surface area contributed by atoms with Crippen molar-refractivity contribution in [2.45, 2.75) is 13.8 Å². The molecule has 4 heterocycles. The summed E-state index contributed by atoms with van der Waals surface area (Å²) in [6.07, 6.45) is 0. The first-order valence-electron chi connectivity index (χ1n) is 17.3. The van der Waals surface area contributed by atoms with Crippen LogP contribution in [0.5, 0.6) is 0 Å². The molecule has 0 amide bonds. The predicted octanol–water partition coefficient (Wildman–Crippen LogP) is 12.9. The molecule has 51 heavy (non-hydrogen) atoms. The second-order valence-corrected chi connectivity index (χ2v) is 14.4. The fourth-order valence-corrected chi connectivity index (χ4v) is 9.51. The maximum absolute atomic E-state index is 6.74. The molecule has 11 aromatic rings. The SMILES string of the molecule is Cc1ccccc1-c1cccc(-c2nc(-n3c4ccccc4c4c5sc6ccccc6c5c5ccccc5c43)c3oc4ccccc4c3n2)c1C. The number of hydrogen-bond acceptors (Lipinski definition) is 4. The summed E-state index contributed by atoms with van der Waals surface area (Å²) in [7, 11) is 0. The zero-order valence-corrected chi connectivity index (χ0v) is 28.8. The summed E-state index contributed by atoms with van der Waals surface area (Å²) in [6, 6.07) is 49.5. The van der Waals surface area contributed by atoms with Gasteiger partial charge in [0.25, 0.3) is 0 Å². The quantitative estimate of drug-likeness (QED) is 0.188. The molecular weight excluding hydrogens is 643 g/mol. The van der Waals surface area contributed by atoms with Gasteiger partial charge in [-0.05, 0) is 65.8 Å². The molecule has 0 aliphatic carbocycles. The van der Waals surface area contributed by atoms with Crippen LogP contribution in [0.15, 0.2) is 144 Å². The van der Waals surface area contributed by atoms with Crippen LogP contribution in [0.3, 0.4) is 0 Å². The fraction of sp³-hybridized carbons (Fsp3) is 0.0435. The molecule has 0 bridgehead atoms. The predicted molar refractivity (Wildman–Crippen MR) is 214 cm³/mol. The van der Waals surface area contributed by atoms with Crippen LogP contribution >= 0.6 is 11.3 Å². The van der Waals surface area contributed by atoms with Crippen LogP contribution in [0.4, 0.5) is 0 Å². The number of nitrogens with zero attached hydrogens (tertiary/aromatic N) is 3. The summed E-state index contributed by atoms with van der Waals surface area (Å²) >= 11 is 1.87. The standard InChI is InChI=1S/C46H29N3OS/c1-26-14-3-4-15-28(26)29-21-13-22-30(27(29)2)45-47-41-34-19-8-11-24-37(34)50-43(41)46(48-45)49-36-23-10-7-18-33(36)40-42(49)32-17-6-5-16-31(32)39-35-20-9-12-25-38(35)51-44(39)40/h3-25H,1-2H3. The molecule has 0 atom stereocenters. The molecule has 0 saturated heterocycles. The highest BCUT2D eigenvalue weighted by molar-refractivity contribution is 7.27. The van der Waals surface area contributed by atoms with Crippen molar-refractivity contribution in [3.63, 3.8) is 0 Å². The molecule has 0 saturated carbocycles. The average molecular weight is 672 g/mol. The highest BCUT2D eigenvalue weighted by atomic mass is 32.1. The summed E-state index contributed by atoms with van der Waals surface area (Å²) in [5.74, 6) is 1.42. The van der Waals surface area contributed by atoms with Gasteiger partial charge in [0, 0.05) is 47.3 Å². The number of fused-ring (bicyclic) bond motifs is 13. The third-order valence-electron chi connectivity index (χ3n) is 10.6. The number of thiophene rings is 1. The van der Waals surface area contributed by atoms with Crippen LogP contribution in [-0.4, -0.2) is 14.5 Å². The van der Waals surface area contributed by atoms with Gasteiger partial charge in [-0.3, -0.25) is 4.57 Å². The Kier molecular flexibility index (Phi) is 5.93. The van der Waals surface area contributed by atoms with Crippen LogP contribution in [0.1, 0.15) is 11.1 Å². The van der Waals surface area contributed by atoms with Gasteiger partial charge in [-0.15, -0.1) is 11.3 Å². The molecule has 0 unspecified atom stereocenters. The first-order chi connectivity index (χ1) is 25.2. The number of aromatic nitrogens is 3. The van der Waals surface area contributed by atoms with Gasteiger partial charge >= 0.3 is 0 Å². The highest BCUT2D eigenvalue weighted by Crippen LogP contribution is 2.48. The Morgan fingerprint density at radius 1 is 0.549 bits per heavy atom. The molecule has 4 nitrogen and oxygen atoms in total. The largest absolute Gasteiger partial charge is 0.450 e. The van der Waals surface area contributed by atoms with Gasteiger partial charge in [0.1, 0.15) is 11.1 Å². The van der Waals surface area contributed by atoms with Crippen molar-refractivity contribution < 1.29 is 4.42 Å². The highest BCUT2D eigenvalue weighted by Gasteiger charge is 2.26. The number of furan rings is 1. The lowest BCUT2D eigenvalue weighted by Gasteiger charge is -2.15. The Morgan fingerprint density at radius 3 is 2.08 bits per heavy atom. The lowest BCUT2D eigenvalue weighted by Crippen LogP contribution is -2.03. The van der Waals surface area contributed by atoms with Crippen molar-refractivity contribution in [2.75, 3.05) is 0 Å². The number of aryl methyl sites for hydroxylation is 1. The van der Waals surface area contributed by atoms with E-state index in [2.05, 4.69) is 146 Å². The van der Waals surface area contributed by atoms with Gasteiger partial charge in [-0.25, -0.2) is 9.97 Å². The topological polar surface area (TPSA) is 43.9 Å². The van der Waals surface area contributed by atoms with Crippen molar-refractivity contribution in [3.05, 3.63) is 151 Å². The molecule has 0 radical (unpaired) electrons. The third kappa shape index (κ3) is 3.95. The van der Waals surface area contributed by atoms with Crippen LogP contribution in [-0.2, 0) is 0 Å². The maximum Gasteiger partial charge on any atom is 0.197 e. The minimum atomic E-state index is 0.676. The van der Waals surface area contributed by atoms with Gasteiger partial charge in [0.05, 0.1) is 11.0 Å². The van der Waals surface area contributed by atoms with E-state index < -0.39 is 0 Å². The molecule has 0 aliphatic rings. The number of rotatable bonds is 3. The lowest BCUT2D eigenvalue weighted by molar-refractivity contribution is 0.662. The molecule has 0 aliphatic heterocycles. The molecular formula is C46H29N3OS. The minimum Gasteiger partial charge on any atom is -0.450 e. The lowest BCUT2D eigenvalue weighted by atomic mass is 9.93. The van der Waals surface area contributed by atoms with Crippen molar-refractivity contribution in [1.82, 2.24) is 14.5 Å². The normalized spacial score (nSPS) is 12.1. The maximum atomic E-state index is 6.74. The van der Waals surface area contributed by atoms with E-state index in [1.165, 1.54) is 58.4 Å². The van der Waals surface area contributed by atoms with E-state index in [1.807, 2.05) is 23.5 Å². The fourth-order valence-electron chi connectivity index (χ4n) is 8.23. The molecule has 5 heteroatoms. The Morgan fingerprint density at radius 2 is 1.22 bits per heavy atom. The Bertz CT molecular complexity index is 3230. The summed E-state index contributed by atoms with van der Waals surface area (Å²) < 4.78 is 11.7. The van der Waals surface area contributed by atoms with Crippen molar-refractivity contribution in [3.8, 4) is 28.3 Å². The third-order valence-corrected chi connectivity index (χ3v) is 11.8. The van der Waals surface area contributed by atoms with Crippen molar-refractivity contribution in [2.24, 2.45) is 0 Å². The Balaban J connectivity index is 1.32. The van der Waals surface area contributed by atoms with Crippen molar-refractivity contribution >= 4 is 86.2 Å². The van der Waals surface area contributed by atoms with Crippen molar-refractivity contribution in [1.29, 1.82) is 0 Å². The second kappa shape index (κ2) is 10.6. The molecule has 240 valence electrons. The van der Waals surface area contributed by atoms with Crippen LogP contribution in [0.2, 0.25) is 0 Å². The summed E-state index contributed by atoms with van der Waals surface area (Å²) in [6.45, 7) is 4.35. The monoisotopic (exact) mass is 671 g/mol. The minimum absolute atomic E-state index is 0.676. The van der Waals surface area contributed by atoms with E-state index in [0.29, 0.717) is 11.4 Å². The van der Waals surface area contributed by atoms with Crippen LogP contribution in [0.25, 0.3) is 103 Å². The van der Waals surface area contributed by atoms with E-state index in [4.69, 9.17) is 14.4 Å². The van der Waals surface area contributed by atoms with E-state index in [0.717, 1.165) is 44.5 Å². The van der Waals surface area contributed by atoms with Crippen LogP contribution < -0.4 is 0 Å². The van der Waals surface area contributed by atoms with Gasteiger partial charge in [-0.2, -0.15) is 0 Å². The van der Waals surface area contributed by atoms with Gasteiger partial charge in [0.2, 0.25) is 0 Å². The summed E-state index contributed by atoms with van der Waals surface area (Å²) in [5, 5.41) is 8.42. The first kappa shape index (κ1) is 28.5. The molecule has 0 fully saturated rings. The summed E-state index contributed by atoms with van der Waals surface area (Å²) in [4.78, 5) is 10.8. The number of para-hydroxylation sites is 2. The van der Waals surface area contributed by atoms with E-state index in [9.17, 15) is 0 Å². The molecule has 4 aromatic heterocycles. The average Bonchev–Trinajstić information content (AvgIpc) is 3.85. The zero-order valence-electron chi connectivity index (χ0n) is 27.9. The smallest absolute Gasteiger partial charge is 0.197 e.